The van der Waals surface area contributed by atoms with Gasteiger partial charge in [-0.2, -0.15) is 13.2 Å². The van der Waals surface area contributed by atoms with Gasteiger partial charge in [-0.3, -0.25) is 4.98 Å². The van der Waals surface area contributed by atoms with Crippen LogP contribution in [0.15, 0.2) is 60.9 Å². The lowest BCUT2D eigenvalue weighted by atomic mass is 10.0. The van der Waals surface area contributed by atoms with Crippen LogP contribution in [0.1, 0.15) is 19.8 Å². The van der Waals surface area contributed by atoms with E-state index in [1.807, 2.05) is 24.3 Å². The largest absolute Gasteiger partial charge is 0.490 e. The summed E-state index contributed by atoms with van der Waals surface area (Å²) in [4.78, 5) is 16.9. The summed E-state index contributed by atoms with van der Waals surface area (Å²) in [7, 11) is 0. The van der Waals surface area contributed by atoms with E-state index in [9.17, 15) is 18.0 Å². The molecule has 1 aromatic carbocycles. The van der Waals surface area contributed by atoms with Crippen LogP contribution < -0.4 is 4.74 Å². The molecule has 4 rings (SSSR count). The predicted octanol–water partition coefficient (Wildman–Crippen LogP) is 6.17. The predicted molar refractivity (Wildman–Crippen MR) is 113 cm³/mol. The molecule has 0 aliphatic heterocycles. The maximum Gasteiger partial charge on any atom is 0.398 e. The summed E-state index contributed by atoms with van der Waals surface area (Å²) in [6.45, 7) is 4.84. The Balaban J connectivity index is 1.56. The van der Waals surface area contributed by atoms with Gasteiger partial charge in [0.15, 0.2) is 0 Å². The maximum absolute atomic E-state index is 13.8. The summed E-state index contributed by atoms with van der Waals surface area (Å²) >= 11 is 1.52. The number of ether oxygens (including phenoxy) is 2. The van der Waals surface area contributed by atoms with Crippen molar-refractivity contribution >= 4 is 27.4 Å². The molecule has 1 fully saturated rings. The lowest BCUT2D eigenvalue weighted by Gasteiger charge is -2.27. The first-order valence-corrected chi connectivity index (χ1v) is 10.6. The SMILES string of the molecule is C=C(C)C(=O)OC1CCC(Oc2ccc3cc(-c4cccnc4)sc3c2)C1C(F)(F)F. The van der Waals surface area contributed by atoms with Crippen LogP contribution in [0.3, 0.4) is 0 Å². The van der Waals surface area contributed by atoms with Gasteiger partial charge in [-0.05, 0) is 55.5 Å². The smallest absolute Gasteiger partial charge is 0.398 e. The van der Waals surface area contributed by atoms with Crippen LogP contribution in [-0.2, 0) is 9.53 Å². The topological polar surface area (TPSA) is 48.4 Å². The monoisotopic (exact) mass is 447 g/mol. The summed E-state index contributed by atoms with van der Waals surface area (Å²) < 4.78 is 53.0. The van der Waals surface area contributed by atoms with Crippen molar-refractivity contribution < 1.29 is 27.4 Å². The van der Waals surface area contributed by atoms with Crippen LogP contribution in [0.2, 0.25) is 0 Å². The highest BCUT2D eigenvalue weighted by Gasteiger charge is 2.55. The van der Waals surface area contributed by atoms with Crippen LogP contribution in [0.25, 0.3) is 20.5 Å². The Morgan fingerprint density at radius 3 is 2.65 bits per heavy atom. The number of alkyl halides is 3. The second-order valence-electron chi connectivity index (χ2n) is 7.58. The number of esters is 1. The lowest BCUT2D eigenvalue weighted by molar-refractivity contribution is -0.215. The Morgan fingerprint density at radius 2 is 1.97 bits per heavy atom. The number of hydrogen-bond acceptors (Lipinski definition) is 5. The minimum Gasteiger partial charge on any atom is -0.490 e. The molecule has 8 heteroatoms. The van der Waals surface area contributed by atoms with Gasteiger partial charge >= 0.3 is 12.1 Å². The lowest BCUT2D eigenvalue weighted by Crippen LogP contribution is -2.41. The normalized spacial score (nSPS) is 21.2. The van der Waals surface area contributed by atoms with Gasteiger partial charge in [0.25, 0.3) is 0 Å². The van der Waals surface area contributed by atoms with Crippen LogP contribution in [0, 0.1) is 5.92 Å². The Labute approximate surface area is 181 Å². The standard InChI is InChI=1S/C23H20F3NO3S/c1-13(2)22(28)30-18-8-7-17(21(18)23(24,25)26)29-16-6-5-14-10-19(31-20(14)11-16)15-4-3-9-27-12-15/h3-6,9-12,17-18,21H,1,7-8H2,2H3. The number of carbonyl (C=O) groups is 1. The molecule has 0 bridgehead atoms. The minimum absolute atomic E-state index is 0.0675. The Hall–Kier alpha value is -2.87. The van der Waals surface area contributed by atoms with Gasteiger partial charge in [-0.15, -0.1) is 11.3 Å². The fourth-order valence-corrected chi connectivity index (χ4v) is 4.84. The third-order valence-corrected chi connectivity index (χ3v) is 6.39. The van der Waals surface area contributed by atoms with Crippen LogP contribution in [-0.4, -0.2) is 29.3 Å². The van der Waals surface area contributed by atoms with E-state index in [1.54, 1.807) is 24.5 Å². The molecule has 4 nitrogen and oxygen atoms in total. The van der Waals surface area contributed by atoms with Crippen molar-refractivity contribution in [3.8, 4) is 16.2 Å². The molecule has 0 spiro atoms. The summed E-state index contributed by atoms with van der Waals surface area (Å²) in [5.74, 6) is -2.35. The van der Waals surface area contributed by atoms with E-state index >= 15 is 0 Å². The number of rotatable bonds is 5. The van der Waals surface area contributed by atoms with Crippen molar-refractivity contribution in [1.82, 2.24) is 4.98 Å². The Morgan fingerprint density at radius 1 is 1.19 bits per heavy atom. The van der Waals surface area contributed by atoms with Gasteiger partial charge in [0.2, 0.25) is 0 Å². The molecule has 3 atom stereocenters. The zero-order chi connectivity index (χ0) is 22.2. The fraction of sp³-hybridized carbons (Fsp3) is 0.304. The summed E-state index contributed by atoms with van der Waals surface area (Å²) in [6.07, 6.45) is -3.28. The van der Waals surface area contributed by atoms with Gasteiger partial charge in [-0.25, -0.2) is 4.79 Å². The van der Waals surface area contributed by atoms with Gasteiger partial charge in [-0.1, -0.05) is 12.6 Å². The summed E-state index contributed by atoms with van der Waals surface area (Å²) in [6, 6.07) is 11.1. The van der Waals surface area contributed by atoms with Gasteiger partial charge < -0.3 is 9.47 Å². The van der Waals surface area contributed by atoms with Crippen molar-refractivity contribution in [2.24, 2.45) is 5.92 Å². The average Bonchev–Trinajstić information content (AvgIpc) is 3.32. The van der Waals surface area contributed by atoms with Crippen molar-refractivity contribution in [3.05, 3.63) is 60.9 Å². The highest BCUT2D eigenvalue weighted by atomic mass is 32.1. The van der Waals surface area contributed by atoms with E-state index in [-0.39, 0.29) is 18.4 Å². The number of halogens is 3. The second-order valence-corrected chi connectivity index (χ2v) is 8.66. The first kappa shape index (κ1) is 21.4. The summed E-state index contributed by atoms with van der Waals surface area (Å²) in [5.41, 5.74) is 1.04. The van der Waals surface area contributed by atoms with Crippen molar-refractivity contribution in [2.45, 2.75) is 38.1 Å². The number of hydrogen-bond donors (Lipinski definition) is 0. The fourth-order valence-electron chi connectivity index (χ4n) is 3.76. The molecule has 2 heterocycles. The summed E-state index contributed by atoms with van der Waals surface area (Å²) in [5, 5.41) is 0.975. The molecule has 31 heavy (non-hydrogen) atoms. The van der Waals surface area contributed by atoms with E-state index in [4.69, 9.17) is 9.47 Å². The molecule has 3 unspecified atom stereocenters. The molecule has 2 aromatic heterocycles. The molecular weight excluding hydrogens is 427 g/mol. The van der Waals surface area contributed by atoms with Gasteiger partial charge in [0.1, 0.15) is 23.9 Å². The molecule has 0 amide bonds. The number of aromatic nitrogens is 1. The van der Waals surface area contributed by atoms with Crippen molar-refractivity contribution in [2.75, 3.05) is 0 Å². The van der Waals surface area contributed by atoms with Gasteiger partial charge in [0, 0.05) is 33.1 Å². The number of thiophene rings is 1. The van der Waals surface area contributed by atoms with E-state index in [0.29, 0.717) is 5.75 Å². The molecule has 1 aliphatic carbocycles. The van der Waals surface area contributed by atoms with E-state index in [2.05, 4.69) is 11.6 Å². The van der Waals surface area contributed by atoms with E-state index < -0.39 is 30.3 Å². The molecule has 0 radical (unpaired) electrons. The number of carbonyl (C=O) groups excluding carboxylic acids is 1. The minimum atomic E-state index is -4.55. The van der Waals surface area contributed by atoms with Gasteiger partial charge in [0.05, 0.1) is 0 Å². The molecule has 0 N–H and O–H groups in total. The van der Waals surface area contributed by atoms with Crippen LogP contribution in [0.5, 0.6) is 5.75 Å². The Bertz CT molecular complexity index is 1110. The van der Waals surface area contributed by atoms with E-state index in [1.165, 1.54) is 18.3 Å². The number of nitrogens with zero attached hydrogens (tertiary/aromatic N) is 1. The van der Waals surface area contributed by atoms with Crippen molar-refractivity contribution in [3.63, 3.8) is 0 Å². The number of pyridine rings is 1. The number of benzene rings is 1. The average molecular weight is 447 g/mol. The Kier molecular flexibility index (Phi) is 5.75. The molecule has 3 aromatic rings. The second kappa shape index (κ2) is 8.34. The third kappa shape index (κ3) is 4.58. The van der Waals surface area contributed by atoms with Crippen LogP contribution >= 0.6 is 11.3 Å². The van der Waals surface area contributed by atoms with E-state index in [0.717, 1.165) is 20.5 Å². The zero-order valence-electron chi connectivity index (χ0n) is 16.7. The quantitative estimate of drug-likeness (QED) is 0.347. The van der Waals surface area contributed by atoms with Crippen LogP contribution in [0.4, 0.5) is 13.2 Å². The molecule has 1 aliphatic rings. The highest BCUT2D eigenvalue weighted by molar-refractivity contribution is 7.22. The van der Waals surface area contributed by atoms with Crippen molar-refractivity contribution in [1.29, 1.82) is 0 Å². The highest BCUT2D eigenvalue weighted by Crippen LogP contribution is 2.43. The molecule has 162 valence electrons. The first-order valence-electron chi connectivity index (χ1n) is 9.76. The molecule has 1 saturated carbocycles. The number of fused-ring (bicyclic) bond motifs is 1. The molecular formula is C23H20F3NO3S. The zero-order valence-corrected chi connectivity index (χ0v) is 17.5. The molecule has 0 saturated heterocycles. The first-order chi connectivity index (χ1) is 14.7. The third-order valence-electron chi connectivity index (χ3n) is 5.25. The maximum atomic E-state index is 13.8.